The van der Waals surface area contributed by atoms with Crippen LogP contribution in [0, 0.1) is 11.8 Å². The van der Waals surface area contributed by atoms with Crippen LogP contribution in [0.25, 0.3) is 0 Å². The lowest BCUT2D eigenvalue weighted by molar-refractivity contribution is -0.123. The van der Waals surface area contributed by atoms with Crippen LogP contribution in [0.2, 0.25) is 0 Å². The first-order valence-corrected chi connectivity index (χ1v) is 6.20. The minimum atomic E-state index is 0.187. The number of hydrogen-bond acceptors (Lipinski definition) is 2. The van der Waals surface area contributed by atoms with Crippen LogP contribution in [0.15, 0.2) is 36.1 Å². The first-order valence-electron chi connectivity index (χ1n) is 6.20. The zero-order valence-electron chi connectivity index (χ0n) is 9.36. The zero-order chi connectivity index (χ0) is 11.0. The Kier molecular flexibility index (Phi) is 2.43. The number of fused-ring (bicyclic) bond motifs is 1. The summed E-state index contributed by atoms with van der Waals surface area (Å²) >= 11 is 0. The van der Waals surface area contributed by atoms with Gasteiger partial charge in [0.05, 0.1) is 6.04 Å². The third-order valence-corrected chi connectivity index (χ3v) is 3.92. The molecule has 1 aliphatic heterocycles. The van der Waals surface area contributed by atoms with Crippen molar-refractivity contribution in [3.8, 4) is 0 Å². The average molecular weight is 215 g/mol. The van der Waals surface area contributed by atoms with E-state index in [1.54, 1.807) is 0 Å². The van der Waals surface area contributed by atoms with Crippen molar-refractivity contribution in [2.24, 2.45) is 11.8 Å². The molecule has 0 aromatic heterocycles. The van der Waals surface area contributed by atoms with Crippen LogP contribution < -0.4 is 5.32 Å². The second-order valence-electron chi connectivity index (χ2n) is 4.90. The highest BCUT2D eigenvalue weighted by atomic mass is 16.1. The minimum Gasteiger partial charge on any atom is -0.384 e. The molecule has 2 aliphatic carbocycles. The van der Waals surface area contributed by atoms with E-state index in [9.17, 15) is 4.79 Å². The summed E-state index contributed by atoms with van der Waals surface area (Å²) in [5.74, 6) is 1.05. The molecule has 1 heterocycles. The molecule has 1 N–H and O–H groups in total. The van der Waals surface area contributed by atoms with Crippen LogP contribution in [0.3, 0.4) is 0 Å². The van der Waals surface area contributed by atoms with E-state index in [1.165, 1.54) is 12.0 Å². The van der Waals surface area contributed by atoms with E-state index < -0.39 is 0 Å². The minimum absolute atomic E-state index is 0.187. The molecule has 3 rings (SSSR count). The molecule has 0 amide bonds. The molecule has 0 radical (unpaired) electrons. The highest BCUT2D eigenvalue weighted by Gasteiger charge is 2.35. The summed E-state index contributed by atoms with van der Waals surface area (Å²) in [5.41, 5.74) is 1.32. The molecule has 0 aromatic carbocycles. The van der Waals surface area contributed by atoms with Gasteiger partial charge in [0.25, 0.3) is 0 Å². The number of allylic oxidation sites excluding steroid dienone is 2. The number of Topliss-reactive ketones (excluding diaryl/α,β-unsaturated/α-hetero) is 1. The lowest BCUT2D eigenvalue weighted by Crippen LogP contribution is -2.29. The van der Waals surface area contributed by atoms with Crippen molar-refractivity contribution in [2.45, 2.75) is 31.7 Å². The third kappa shape index (κ3) is 1.53. The monoisotopic (exact) mass is 215 g/mol. The number of rotatable bonds is 1. The van der Waals surface area contributed by atoms with E-state index in [0.717, 1.165) is 19.3 Å². The van der Waals surface area contributed by atoms with Crippen molar-refractivity contribution in [3.63, 3.8) is 0 Å². The summed E-state index contributed by atoms with van der Waals surface area (Å²) < 4.78 is 0. The van der Waals surface area contributed by atoms with E-state index >= 15 is 0 Å². The summed E-state index contributed by atoms with van der Waals surface area (Å²) in [6.07, 6.45) is 14.8. The third-order valence-electron chi connectivity index (χ3n) is 3.92. The van der Waals surface area contributed by atoms with Gasteiger partial charge >= 0.3 is 0 Å². The molecule has 0 aromatic rings. The highest BCUT2D eigenvalue weighted by molar-refractivity contribution is 5.84. The molecule has 0 spiro atoms. The highest BCUT2D eigenvalue weighted by Crippen LogP contribution is 2.36. The van der Waals surface area contributed by atoms with Crippen LogP contribution >= 0.6 is 0 Å². The second kappa shape index (κ2) is 3.93. The first-order chi connectivity index (χ1) is 7.86. The maximum atomic E-state index is 11.9. The molecule has 1 fully saturated rings. The van der Waals surface area contributed by atoms with E-state index in [4.69, 9.17) is 0 Å². The second-order valence-corrected chi connectivity index (χ2v) is 4.90. The van der Waals surface area contributed by atoms with Crippen LogP contribution in [-0.2, 0) is 4.79 Å². The van der Waals surface area contributed by atoms with Gasteiger partial charge in [-0.3, -0.25) is 4.79 Å². The fraction of sp³-hybridized carbons (Fsp3) is 0.500. The predicted molar refractivity (Wildman–Crippen MR) is 63.7 cm³/mol. The van der Waals surface area contributed by atoms with Crippen LogP contribution in [0.5, 0.6) is 0 Å². The van der Waals surface area contributed by atoms with Gasteiger partial charge in [0.2, 0.25) is 0 Å². The summed E-state index contributed by atoms with van der Waals surface area (Å²) in [5, 5.41) is 3.37. The number of carbonyl (C=O) groups excluding carboxylic acids is 1. The van der Waals surface area contributed by atoms with E-state index in [1.807, 2.05) is 0 Å². The Hall–Kier alpha value is -1.31. The van der Waals surface area contributed by atoms with E-state index in [-0.39, 0.29) is 5.92 Å². The molecule has 2 nitrogen and oxygen atoms in total. The largest absolute Gasteiger partial charge is 0.384 e. The van der Waals surface area contributed by atoms with Gasteiger partial charge in [0.15, 0.2) is 0 Å². The van der Waals surface area contributed by atoms with Crippen LogP contribution in [0.1, 0.15) is 25.7 Å². The van der Waals surface area contributed by atoms with Crippen molar-refractivity contribution >= 4 is 5.78 Å². The lowest BCUT2D eigenvalue weighted by Gasteiger charge is -2.26. The summed E-state index contributed by atoms with van der Waals surface area (Å²) in [7, 11) is 0. The number of nitrogens with one attached hydrogen (secondary N) is 1. The normalized spacial score (nSPS) is 36.9. The summed E-state index contributed by atoms with van der Waals surface area (Å²) in [6.45, 7) is 0. The molecule has 16 heavy (non-hydrogen) atoms. The van der Waals surface area contributed by atoms with Gasteiger partial charge < -0.3 is 5.32 Å². The fourth-order valence-electron chi connectivity index (χ4n) is 3.04. The van der Waals surface area contributed by atoms with Gasteiger partial charge in [-0.05, 0) is 24.6 Å². The van der Waals surface area contributed by atoms with Gasteiger partial charge in [-0.25, -0.2) is 0 Å². The fourth-order valence-corrected chi connectivity index (χ4v) is 3.04. The number of hydrogen-bond donors (Lipinski definition) is 1. The lowest BCUT2D eigenvalue weighted by atomic mass is 9.76. The maximum absolute atomic E-state index is 11.9. The van der Waals surface area contributed by atoms with Gasteiger partial charge in [-0.2, -0.15) is 0 Å². The van der Waals surface area contributed by atoms with Crippen molar-refractivity contribution in [1.82, 2.24) is 5.32 Å². The van der Waals surface area contributed by atoms with Crippen molar-refractivity contribution in [3.05, 3.63) is 36.1 Å². The van der Waals surface area contributed by atoms with Crippen molar-refractivity contribution in [1.29, 1.82) is 0 Å². The van der Waals surface area contributed by atoms with Gasteiger partial charge in [0, 0.05) is 18.3 Å². The van der Waals surface area contributed by atoms with Crippen molar-refractivity contribution < 1.29 is 4.79 Å². The molecule has 3 unspecified atom stereocenters. The van der Waals surface area contributed by atoms with Crippen LogP contribution in [-0.4, -0.2) is 11.8 Å². The Labute approximate surface area is 96.1 Å². The number of ketones is 1. The van der Waals surface area contributed by atoms with Gasteiger partial charge in [-0.1, -0.05) is 30.7 Å². The molecule has 84 valence electrons. The Morgan fingerprint density at radius 3 is 2.94 bits per heavy atom. The van der Waals surface area contributed by atoms with Crippen LogP contribution in [0.4, 0.5) is 0 Å². The maximum Gasteiger partial charge on any atom is 0.140 e. The summed E-state index contributed by atoms with van der Waals surface area (Å²) in [4.78, 5) is 11.9. The molecule has 2 heteroatoms. The molecular formula is C14H17NO. The van der Waals surface area contributed by atoms with Gasteiger partial charge in [-0.15, -0.1) is 0 Å². The molecule has 3 atom stereocenters. The summed E-state index contributed by atoms with van der Waals surface area (Å²) in [6, 6.07) is 0.384. The Morgan fingerprint density at radius 1 is 1.19 bits per heavy atom. The topological polar surface area (TPSA) is 29.1 Å². The van der Waals surface area contributed by atoms with E-state index in [0.29, 0.717) is 17.7 Å². The quantitative estimate of drug-likeness (QED) is 0.727. The molecule has 0 bridgehead atoms. The molecule has 3 aliphatic rings. The Morgan fingerprint density at radius 2 is 2.06 bits per heavy atom. The first kappa shape index (κ1) is 9.88. The molecular weight excluding hydrogens is 198 g/mol. The Bertz CT molecular complexity index is 392. The Balaban J connectivity index is 1.82. The van der Waals surface area contributed by atoms with Crippen molar-refractivity contribution in [2.75, 3.05) is 0 Å². The molecule has 1 saturated carbocycles. The smallest absolute Gasteiger partial charge is 0.140 e. The van der Waals surface area contributed by atoms with Gasteiger partial charge in [0.1, 0.15) is 5.78 Å². The number of carbonyl (C=O) groups is 1. The molecule has 0 saturated heterocycles. The SMILES string of the molecule is O=C1CCCCC1C1=CNC2C=CC=CC12. The predicted octanol–water partition coefficient (Wildman–Crippen LogP) is 2.34. The average Bonchev–Trinajstić information content (AvgIpc) is 2.74. The van der Waals surface area contributed by atoms with E-state index in [2.05, 4.69) is 35.8 Å². The standard InChI is InChI=1S/C14H17NO/c16-14-8-4-2-6-11(14)12-9-15-13-7-3-1-5-10(12)13/h1,3,5,7,9-11,13,15H,2,4,6,8H2. The zero-order valence-corrected chi connectivity index (χ0v) is 9.36.